The van der Waals surface area contributed by atoms with Crippen LogP contribution in [0, 0.1) is 5.92 Å². The molecule has 2 aliphatic heterocycles. The summed E-state index contributed by atoms with van der Waals surface area (Å²) in [4.78, 5) is 21.0. The van der Waals surface area contributed by atoms with Crippen molar-refractivity contribution in [2.45, 2.75) is 51.0 Å². The molecular weight excluding hydrogens is 318 g/mol. The fourth-order valence-electron chi connectivity index (χ4n) is 3.51. The largest absolute Gasteiger partial charge is 0.480 e. The molecule has 0 aliphatic carbocycles. The van der Waals surface area contributed by atoms with Crippen molar-refractivity contribution in [3.63, 3.8) is 0 Å². The molecule has 1 unspecified atom stereocenters. The molecule has 136 valence electrons. The molecule has 6 nitrogen and oxygen atoms in total. The van der Waals surface area contributed by atoms with Crippen molar-refractivity contribution in [2.24, 2.45) is 10.9 Å². The second-order valence-electron chi connectivity index (χ2n) is 8.03. The van der Waals surface area contributed by atoms with Crippen molar-refractivity contribution in [3.05, 3.63) is 29.9 Å². The van der Waals surface area contributed by atoms with Crippen LogP contribution in [0.1, 0.15) is 45.1 Å². The van der Waals surface area contributed by atoms with Crippen LogP contribution in [0.15, 0.2) is 23.3 Å². The first-order valence-electron chi connectivity index (χ1n) is 8.90. The van der Waals surface area contributed by atoms with Gasteiger partial charge in [0.05, 0.1) is 12.2 Å². The molecule has 25 heavy (non-hydrogen) atoms. The minimum absolute atomic E-state index is 0.162. The molecule has 1 N–H and O–H groups in total. The van der Waals surface area contributed by atoms with Crippen molar-refractivity contribution >= 4 is 12.2 Å². The second-order valence-corrected chi connectivity index (χ2v) is 8.03. The van der Waals surface area contributed by atoms with Crippen molar-refractivity contribution in [3.8, 4) is 0 Å². The minimum Gasteiger partial charge on any atom is -0.480 e. The molecule has 2 aliphatic rings. The first-order chi connectivity index (χ1) is 11.8. The van der Waals surface area contributed by atoms with E-state index in [1.165, 1.54) is 0 Å². The van der Waals surface area contributed by atoms with E-state index in [0.29, 0.717) is 11.6 Å². The van der Waals surface area contributed by atoms with E-state index in [9.17, 15) is 9.90 Å². The van der Waals surface area contributed by atoms with Gasteiger partial charge in [-0.15, -0.1) is 0 Å². The Balaban J connectivity index is 1.99. The molecule has 3 rings (SSSR count). The van der Waals surface area contributed by atoms with E-state index in [1.807, 2.05) is 6.20 Å². The lowest BCUT2D eigenvalue weighted by Gasteiger charge is -2.25. The van der Waals surface area contributed by atoms with Crippen LogP contribution in [0.25, 0.3) is 0 Å². The molecule has 0 radical (unpaired) electrons. The fourth-order valence-corrected chi connectivity index (χ4v) is 3.51. The Labute approximate surface area is 148 Å². The second kappa shape index (κ2) is 6.75. The maximum atomic E-state index is 12.0. The lowest BCUT2D eigenvalue weighted by Crippen LogP contribution is -2.38. The van der Waals surface area contributed by atoms with E-state index < -0.39 is 11.4 Å². The Morgan fingerprint density at radius 3 is 2.68 bits per heavy atom. The van der Waals surface area contributed by atoms with E-state index in [0.717, 1.165) is 38.4 Å². The zero-order chi connectivity index (χ0) is 18.1. The summed E-state index contributed by atoms with van der Waals surface area (Å²) in [6, 6.07) is 0. The van der Waals surface area contributed by atoms with E-state index in [2.05, 4.69) is 30.3 Å². The maximum Gasteiger partial charge on any atom is 0.321 e. The molecule has 0 saturated carbocycles. The topological polar surface area (TPSA) is 76.7 Å². The Bertz CT molecular complexity index is 693. The normalized spacial score (nSPS) is 24.6. The predicted octanol–water partition coefficient (Wildman–Crippen LogP) is 2.57. The van der Waals surface area contributed by atoms with Gasteiger partial charge in [-0.3, -0.25) is 9.79 Å². The Morgan fingerprint density at radius 1 is 1.40 bits per heavy atom. The SMILES string of the molecule is CC(C)(C)c1nc(C2(C(=O)O)C=CC=NC2)cn1CC1CCOCC1. The highest BCUT2D eigenvalue weighted by molar-refractivity contribution is 5.87. The van der Waals surface area contributed by atoms with Gasteiger partial charge in [0, 0.05) is 37.6 Å². The molecular formula is C19H27N3O3. The molecule has 1 fully saturated rings. The van der Waals surface area contributed by atoms with Gasteiger partial charge in [0.1, 0.15) is 11.2 Å². The smallest absolute Gasteiger partial charge is 0.321 e. The third-order valence-corrected chi connectivity index (χ3v) is 4.99. The van der Waals surface area contributed by atoms with Gasteiger partial charge in [0.15, 0.2) is 0 Å². The van der Waals surface area contributed by atoms with Gasteiger partial charge in [-0.25, -0.2) is 4.98 Å². The maximum absolute atomic E-state index is 12.0. The van der Waals surface area contributed by atoms with Gasteiger partial charge in [-0.2, -0.15) is 0 Å². The highest BCUT2D eigenvalue weighted by Gasteiger charge is 2.42. The molecule has 0 bridgehead atoms. The molecule has 0 aromatic carbocycles. The first-order valence-corrected chi connectivity index (χ1v) is 8.90. The van der Waals surface area contributed by atoms with Gasteiger partial charge >= 0.3 is 5.97 Å². The van der Waals surface area contributed by atoms with Crippen LogP contribution in [-0.2, 0) is 26.9 Å². The number of hydrogen-bond acceptors (Lipinski definition) is 4. The average molecular weight is 345 g/mol. The predicted molar refractivity (Wildman–Crippen MR) is 96.3 cm³/mol. The lowest BCUT2D eigenvalue weighted by atomic mass is 9.83. The van der Waals surface area contributed by atoms with Crippen LogP contribution < -0.4 is 0 Å². The zero-order valence-corrected chi connectivity index (χ0v) is 15.2. The van der Waals surface area contributed by atoms with E-state index >= 15 is 0 Å². The van der Waals surface area contributed by atoms with Crippen molar-refractivity contribution in [1.82, 2.24) is 9.55 Å². The van der Waals surface area contributed by atoms with Crippen LogP contribution >= 0.6 is 0 Å². The molecule has 1 aromatic heterocycles. The molecule has 6 heteroatoms. The molecule has 1 aromatic rings. The lowest BCUT2D eigenvalue weighted by molar-refractivity contribution is -0.141. The number of aliphatic imine (C=N–C) groups is 1. The Hall–Kier alpha value is -1.95. The van der Waals surface area contributed by atoms with Gasteiger partial charge in [0.25, 0.3) is 0 Å². The van der Waals surface area contributed by atoms with Crippen LogP contribution in [0.5, 0.6) is 0 Å². The summed E-state index contributed by atoms with van der Waals surface area (Å²) in [5.41, 5.74) is -0.759. The molecule has 1 saturated heterocycles. The van der Waals surface area contributed by atoms with E-state index in [-0.39, 0.29) is 12.0 Å². The third kappa shape index (κ3) is 3.54. The number of hydrogen-bond donors (Lipinski definition) is 1. The number of dihydropyridines is 1. The summed E-state index contributed by atoms with van der Waals surface area (Å²) in [7, 11) is 0. The molecule has 1 atom stereocenters. The van der Waals surface area contributed by atoms with Crippen LogP contribution in [0.3, 0.4) is 0 Å². The number of allylic oxidation sites excluding steroid dienone is 1. The third-order valence-electron chi connectivity index (χ3n) is 4.99. The first kappa shape index (κ1) is 17.9. The summed E-state index contributed by atoms with van der Waals surface area (Å²) < 4.78 is 7.61. The van der Waals surface area contributed by atoms with Gasteiger partial charge < -0.3 is 14.4 Å². The van der Waals surface area contributed by atoms with Crippen LogP contribution in [-0.4, -0.2) is 46.6 Å². The van der Waals surface area contributed by atoms with E-state index in [1.54, 1.807) is 18.4 Å². The summed E-state index contributed by atoms with van der Waals surface area (Å²) in [5.74, 6) is 0.562. The Kier molecular flexibility index (Phi) is 4.82. The van der Waals surface area contributed by atoms with E-state index in [4.69, 9.17) is 9.72 Å². The summed E-state index contributed by atoms with van der Waals surface area (Å²) in [6.07, 6.45) is 9.04. The summed E-state index contributed by atoms with van der Waals surface area (Å²) in [5, 5.41) is 9.88. The minimum atomic E-state index is -1.17. The number of ether oxygens (including phenoxy) is 1. The molecule has 0 spiro atoms. The summed E-state index contributed by atoms with van der Waals surface area (Å²) in [6.45, 7) is 8.98. The van der Waals surface area contributed by atoms with Gasteiger partial charge in [-0.05, 0) is 24.8 Å². The van der Waals surface area contributed by atoms with Crippen LogP contribution in [0.4, 0.5) is 0 Å². The van der Waals surface area contributed by atoms with Crippen molar-refractivity contribution in [2.75, 3.05) is 19.8 Å². The highest BCUT2D eigenvalue weighted by atomic mass is 16.5. The number of carboxylic acid groups (broad SMARTS) is 1. The van der Waals surface area contributed by atoms with Crippen molar-refractivity contribution in [1.29, 1.82) is 0 Å². The number of imidazole rings is 1. The van der Waals surface area contributed by atoms with Gasteiger partial charge in [0.2, 0.25) is 0 Å². The molecule has 0 amide bonds. The average Bonchev–Trinajstić information content (AvgIpc) is 3.01. The summed E-state index contributed by atoms with van der Waals surface area (Å²) >= 11 is 0. The number of carbonyl (C=O) groups is 1. The highest BCUT2D eigenvalue weighted by Crippen LogP contribution is 2.32. The van der Waals surface area contributed by atoms with Crippen molar-refractivity contribution < 1.29 is 14.6 Å². The Morgan fingerprint density at radius 2 is 2.12 bits per heavy atom. The van der Waals surface area contributed by atoms with Gasteiger partial charge in [-0.1, -0.05) is 26.8 Å². The number of aliphatic carboxylic acids is 1. The van der Waals surface area contributed by atoms with Crippen LogP contribution in [0.2, 0.25) is 0 Å². The number of aromatic nitrogens is 2. The molecule has 3 heterocycles. The fraction of sp³-hybridized carbons (Fsp3) is 0.632. The standard InChI is InChI=1S/C19H27N3O3/c1-18(2,3)16-21-15(19(17(23)24)7-4-8-20-13-19)12-22(16)11-14-5-9-25-10-6-14/h4,7-8,12,14H,5-6,9-11,13H2,1-3H3,(H,23,24). The number of carboxylic acids is 1. The number of nitrogens with zero attached hydrogens (tertiary/aromatic N) is 3. The number of rotatable bonds is 4. The monoisotopic (exact) mass is 345 g/mol. The zero-order valence-electron chi connectivity index (χ0n) is 15.2. The quantitative estimate of drug-likeness (QED) is 0.910.